The largest absolute Gasteiger partial charge is 0.370 e. The zero-order valence-corrected chi connectivity index (χ0v) is 12.5. The van der Waals surface area contributed by atoms with E-state index in [-0.39, 0.29) is 0 Å². The Morgan fingerprint density at radius 1 is 1.20 bits per heavy atom. The minimum absolute atomic E-state index is 0.312. The van der Waals surface area contributed by atoms with Gasteiger partial charge in [0.1, 0.15) is 11.6 Å². The molecule has 2 heterocycles. The molecule has 0 unspecified atom stereocenters. The van der Waals surface area contributed by atoms with E-state index in [9.17, 15) is 0 Å². The molecule has 0 aliphatic carbocycles. The van der Waals surface area contributed by atoms with Gasteiger partial charge in [-0.15, -0.1) is 0 Å². The molecular formula is C14H26N6. The van der Waals surface area contributed by atoms with Crippen molar-refractivity contribution >= 4 is 17.6 Å². The van der Waals surface area contributed by atoms with Gasteiger partial charge in [-0.2, -0.15) is 9.97 Å². The summed E-state index contributed by atoms with van der Waals surface area (Å²) in [4.78, 5) is 10.9. The van der Waals surface area contributed by atoms with Gasteiger partial charge >= 0.3 is 0 Å². The van der Waals surface area contributed by atoms with Crippen molar-refractivity contribution in [3.8, 4) is 0 Å². The predicted molar refractivity (Wildman–Crippen MR) is 83.9 cm³/mol. The number of nitrogens with one attached hydrogen (secondary N) is 2. The fourth-order valence-corrected chi connectivity index (χ4v) is 2.58. The van der Waals surface area contributed by atoms with Crippen LogP contribution < -0.4 is 16.4 Å². The van der Waals surface area contributed by atoms with Crippen molar-refractivity contribution < 1.29 is 0 Å². The molecule has 0 aromatic carbocycles. The Morgan fingerprint density at radius 3 is 2.45 bits per heavy atom. The zero-order chi connectivity index (χ0) is 14.4. The molecule has 0 spiro atoms. The van der Waals surface area contributed by atoms with Crippen molar-refractivity contribution in [2.45, 2.75) is 26.7 Å². The summed E-state index contributed by atoms with van der Waals surface area (Å²) >= 11 is 0. The Hall–Kier alpha value is -1.56. The van der Waals surface area contributed by atoms with Crippen LogP contribution in [0.25, 0.3) is 0 Å². The van der Waals surface area contributed by atoms with Crippen molar-refractivity contribution in [3.63, 3.8) is 0 Å². The third-order valence-corrected chi connectivity index (χ3v) is 3.83. The van der Waals surface area contributed by atoms with Crippen molar-refractivity contribution in [1.29, 1.82) is 0 Å². The Morgan fingerprint density at radius 2 is 1.85 bits per heavy atom. The number of anilines is 3. The molecule has 1 aromatic heterocycles. The van der Waals surface area contributed by atoms with E-state index in [0.717, 1.165) is 37.2 Å². The van der Waals surface area contributed by atoms with Crippen molar-refractivity contribution in [2.24, 2.45) is 5.92 Å². The van der Waals surface area contributed by atoms with Crippen molar-refractivity contribution in [3.05, 3.63) is 6.07 Å². The van der Waals surface area contributed by atoms with Gasteiger partial charge < -0.3 is 21.3 Å². The van der Waals surface area contributed by atoms with Crippen LogP contribution in [0.5, 0.6) is 0 Å². The van der Waals surface area contributed by atoms with Gasteiger partial charge in [0, 0.05) is 19.2 Å². The van der Waals surface area contributed by atoms with Crippen LogP contribution in [0, 0.1) is 5.92 Å². The molecule has 4 N–H and O–H groups in total. The fourth-order valence-electron chi connectivity index (χ4n) is 2.58. The lowest BCUT2D eigenvalue weighted by molar-refractivity contribution is 0.198. The number of nitrogens with two attached hydrogens (primary N) is 1. The summed E-state index contributed by atoms with van der Waals surface area (Å²) in [5.41, 5.74) is 5.73. The van der Waals surface area contributed by atoms with Gasteiger partial charge in [-0.1, -0.05) is 6.92 Å². The molecule has 6 nitrogen and oxygen atoms in total. The number of likely N-dealkylation sites (tertiary alicyclic amines) is 1. The van der Waals surface area contributed by atoms with Crippen LogP contribution in [0.4, 0.5) is 17.6 Å². The first kappa shape index (κ1) is 14.8. The van der Waals surface area contributed by atoms with Crippen LogP contribution in [-0.4, -0.2) is 47.6 Å². The number of aromatic nitrogens is 2. The minimum atomic E-state index is 0.312. The first-order chi connectivity index (χ1) is 9.71. The summed E-state index contributed by atoms with van der Waals surface area (Å²) in [6.45, 7) is 9.62. The van der Waals surface area contributed by atoms with Gasteiger partial charge in [-0.25, -0.2) is 0 Å². The first-order valence-corrected chi connectivity index (χ1v) is 7.56. The van der Waals surface area contributed by atoms with Crippen LogP contribution in [0.2, 0.25) is 0 Å². The molecule has 0 bridgehead atoms. The van der Waals surface area contributed by atoms with E-state index >= 15 is 0 Å². The van der Waals surface area contributed by atoms with Crippen molar-refractivity contribution in [2.75, 3.05) is 49.1 Å². The summed E-state index contributed by atoms with van der Waals surface area (Å²) < 4.78 is 0. The van der Waals surface area contributed by atoms with Crippen LogP contribution in [-0.2, 0) is 0 Å². The Labute approximate surface area is 121 Å². The van der Waals surface area contributed by atoms with Gasteiger partial charge in [0.25, 0.3) is 0 Å². The molecule has 6 heteroatoms. The third-order valence-electron chi connectivity index (χ3n) is 3.83. The van der Waals surface area contributed by atoms with Crippen LogP contribution in [0.3, 0.4) is 0 Å². The normalized spacial score (nSPS) is 17.1. The van der Waals surface area contributed by atoms with E-state index in [4.69, 9.17) is 5.73 Å². The van der Waals surface area contributed by atoms with Gasteiger partial charge in [0.05, 0.1) is 0 Å². The van der Waals surface area contributed by atoms with Crippen LogP contribution in [0.15, 0.2) is 6.07 Å². The van der Waals surface area contributed by atoms with Crippen molar-refractivity contribution in [1.82, 2.24) is 14.9 Å². The highest BCUT2D eigenvalue weighted by Crippen LogP contribution is 2.18. The topological polar surface area (TPSA) is 79.1 Å². The maximum Gasteiger partial charge on any atom is 0.223 e. The second kappa shape index (κ2) is 7.28. The number of hydrogen-bond acceptors (Lipinski definition) is 6. The average Bonchev–Trinajstić information content (AvgIpc) is 2.45. The number of hydrogen-bond donors (Lipinski definition) is 3. The Bertz CT molecular complexity index is 414. The standard InChI is InChI=1S/C14H26N6/c1-3-16-12-9-13(19-14(15)18-12)17-10-11-5-7-20(4-2)8-6-11/h9,11H,3-8,10H2,1-2H3,(H4,15,16,17,18,19). The van der Waals surface area contributed by atoms with Crippen LogP contribution >= 0.6 is 0 Å². The van der Waals surface area contributed by atoms with Gasteiger partial charge in [0.15, 0.2) is 0 Å². The van der Waals surface area contributed by atoms with E-state index < -0.39 is 0 Å². The molecule has 0 saturated carbocycles. The highest BCUT2D eigenvalue weighted by molar-refractivity contribution is 5.50. The zero-order valence-electron chi connectivity index (χ0n) is 12.5. The Kier molecular flexibility index (Phi) is 5.40. The third kappa shape index (κ3) is 4.23. The SMILES string of the molecule is CCNc1cc(NCC2CCN(CC)CC2)nc(N)n1. The minimum Gasteiger partial charge on any atom is -0.370 e. The van der Waals surface area contributed by atoms with E-state index in [1.54, 1.807) is 0 Å². The maximum atomic E-state index is 5.73. The summed E-state index contributed by atoms with van der Waals surface area (Å²) in [5, 5.41) is 6.56. The molecule has 112 valence electrons. The Balaban J connectivity index is 1.84. The van der Waals surface area contributed by atoms with Gasteiger partial charge in [0.2, 0.25) is 5.95 Å². The molecule has 1 fully saturated rings. The first-order valence-electron chi connectivity index (χ1n) is 7.56. The summed E-state index contributed by atoms with van der Waals surface area (Å²) in [6.07, 6.45) is 2.50. The molecule has 0 amide bonds. The maximum absolute atomic E-state index is 5.73. The van der Waals surface area contributed by atoms with E-state index in [1.165, 1.54) is 25.9 Å². The molecule has 1 saturated heterocycles. The quantitative estimate of drug-likeness (QED) is 0.734. The molecule has 0 radical (unpaired) electrons. The number of rotatable bonds is 6. The predicted octanol–water partition coefficient (Wildman–Crippen LogP) is 1.63. The summed E-state index contributed by atoms with van der Waals surface area (Å²) in [6, 6.07) is 1.92. The number of piperidine rings is 1. The molecule has 2 rings (SSSR count). The molecule has 1 aromatic rings. The molecule has 1 aliphatic heterocycles. The van der Waals surface area contributed by atoms with Gasteiger partial charge in [-0.05, 0) is 45.3 Å². The fraction of sp³-hybridized carbons (Fsp3) is 0.714. The average molecular weight is 278 g/mol. The molecular weight excluding hydrogens is 252 g/mol. The lowest BCUT2D eigenvalue weighted by Gasteiger charge is -2.31. The molecule has 20 heavy (non-hydrogen) atoms. The summed E-state index contributed by atoms with van der Waals surface area (Å²) in [5.74, 6) is 2.62. The number of nitrogens with zero attached hydrogens (tertiary/aromatic N) is 3. The second-order valence-corrected chi connectivity index (χ2v) is 5.29. The highest BCUT2D eigenvalue weighted by atomic mass is 15.1. The second-order valence-electron chi connectivity index (χ2n) is 5.29. The van der Waals surface area contributed by atoms with E-state index in [0.29, 0.717) is 5.95 Å². The van der Waals surface area contributed by atoms with Crippen LogP contribution in [0.1, 0.15) is 26.7 Å². The number of nitrogen functional groups attached to an aromatic ring is 1. The molecule has 0 atom stereocenters. The lowest BCUT2D eigenvalue weighted by Crippen LogP contribution is -2.35. The van der Waals surface area contributed by atoms with E-state index in [2.05, 4.69) is 32.4 Å². The summed E-state index contributed by atoms with van der Waals surface area (Å²) in [7, 11) is 0. The molecule has 1 aliphatic rings. The monoisotopic (exact) mass is 278 g/mol. The lowest BCUT2D eigenvalue weighted by atomic mass is 9.97. The van der Waals surface area contributed by atoms with E-state index in [1.807, 2.05) is 13.0 Å². The smallest absolute Gasteiger partial charge is 0.223 e. The highest BCUT2D eigenvalue weighted by Gasteiger charge is 2.17. The van der Waals surface area contributed by atoms with Gasteiger partial charge in [-0.3, -0.25) is 0 Å².